The van der Waals surface area contributed by atoms with Crippen LogP contribution in [0.2, 0.25) is 0 Å². The van der Waals surface area contributed by atoms with Crippen molar-refractivity contribution in [2.45, 2.75) is 51.4 Å². The summed E-state index contributed by atoms with van der Waals surface area (Å²) in [4.78, 5) is 24.7. The lowest BCUT2D eigenvalue weighted by molar-refractivity contribution is 0.0733. The van der Waals surface area contributed by atoms with E-state index in [9.17, 15) is 35.9 Å². The Morgan fingerprint density at radius 1 is 0.512 bits per heavy atom. The van der Waals surface area contributed by atoms with Gasteiger partial charge in [0, 0.05) is 24.1 Å². The molecule has 0 heterocycles. The number of Topliss-reactive ketones (excluding diaryl/α,β-unsaturated/α-hetero) is 1. The molecule has 9 heteroatoms. The number of rotatable bonds is 13. The number of esters is 1. The van der Waals surface area contributed by atoms with Crippen LogP contribution in [-0.4, -0.2) is 11.8 Å². The minimum atomic E-state index is -1.63. The molecule has 0 bridgehead atoms. The molecule has 0 radical (unpaired) electrons. The Morgan fingerprint density at radius 2 is 0.930 bits per heavy atom. The fourth-order valence-corrected chi connectivity index (χ4v) is 4.61. The molecule has 0 aromatic heterocycles. The van der Waals surface area contributed by atoms with Gasteiger partial charge in [0.15, 0.2) is 40.7 Å². The van der Waals surface area contributed by atoms with Gasteiger partial charge in [-0.05, 0) is 66.6 Å². The first kappa shape index (κ1) is 31.5. The molecule has 4 aromatic rings. The van der Waals surface area contributed by atoms with E-state index in [2.05, 4.69) is 0 Å². The van der Waals surface area contributed by atoms with Crippen molar-refractivity contribution in [2.75, 3.05) is 0 Å². The predicted molar refractivity (Wildman–Crippen MR) is 149 cm³/mol. The SMILES string of the molecule is O=C(Cc1cc(F)c(F)c(F)c1)c1ccc(CCCCCCCc2ccc(C(=O)Oc3cc(F)c(F)c(F)c3)cc2)cc1. The van der Waals surface area contributed by atoms with Gasteiger partial charge >= 0.3 is 5.97 Å². The summed E-state index contributed by atoms with van der Waals surface area (Å²) in [5.41, 5.74) is 2.79. The average Bonchev–Trinajstić information content (AvgIpc) is 2.98. The van der Waals surface area contributed by atoms with Gasteiger partial charge in [0.2, 0.25) is 0 Å². The third-order valence-corrected chi connectivity index (χ3v) is 6.97. The molecule has 0 atom stereocenters. The van der Waals surface area contributed by atoms with Crippen molar-refractivity contribution in [3.63, 3.8) is 0 Å². The highest BCUT2D eigenvalue weighted by Gasteiger charge is 2.16. The van der Waals surface area contributed by atoms with Crippen LogP contribution in [0, 0.1) is 34.9 Å². The molecule has 0 amide bonds. The summed E-state index contributed by atoms with van der Waals surface area (Å²) in [6.45, 7) is 0. The quantitative estimate of drug-likeness (QED) is 0.0386. The molecule has 0 fully saturated rings. The van der Waals surface area contributed by atoms with Gasteiger partial charge in [-0.15, -0.1) is 0 Å². The molecule has 0 aliphatic rings. The molecular formula is C34H28F6O3. The third-order valence-electron chi connectivity index (χ3n) is 6.97. The van der Waals surface area contributed by atoms with Crippen LogP contribution in [-0.2, 0) is 19.3 Å². The molecule has 0 N–H and O–H groups in total. The maximum Gasteiger partial charge on any atom is 0.343 e. The van der Waals surface area contributed by atoms with Crippen LogP contribution < -0.4 is 4.74 Å². The Bertz CT molecular complexity index is 1420. The minimum Gasteiger partial charge on any atom is -0.423 e. The highest BCUT2D eigenvalue weighted by Crippen LogP contribution is 2.21. The van der Waals surface area contributed by atoms with Gasteiger partial charge in [0.1, 0.15) is 5.75 Å². The van der Waals surface area contributed by atoms with Crippen LogP contribution in [0.15, 0.2) is 72.8 Å². The second-order valence-corrected chi connectivity index (χ2v) is 10.2. The zero-order chi connectivity index (χ0) is 30.9. The summed E-state index contributed by atoms with van der Waals surface area (Å²) in [5.74, 6) is -10.3. The molecule has 4 rings (SSSR count). The van der Waals surface area contributed by atoms with Crippen LogP contribution >= 0.6 is 0 Å². The smallest absolute Gasteiger partial charge is 0.343 e. The van der Waals surface area contributed by atoms with Gasteiger partial charge in [-0.25, -0.2) is 31.1 Å². The largest absolute Gasteiger partial charge is 0.423 e. The molecule has 43 heavy (non-hydrogen) atoms. The number of carbonyl (C=O) groups is 2. The first-order valence-corrected chi connectivity index (χ1v) is 13.8. The van der Waals surface area contributed by atoms with E-state index in [4.69, 9.17) is 4.74 Å². The van der Waals surface area contributed by atoms with E-state index in [0.717, 1.165) is 68.2 Å². The van der Waals surface area contributed by atoms with Crippen LogP contribution in [0.25, 0.3) is 0 Å². The van der Waals surface area contributed by atoms with Gasteiger partial charge in [-0.3, -0.25) is 4.79 Å². The number of halogens is 6. The Hall–Kier alpha value is -4.40. The molecule has 0 aliphatic heterocycles. The summed E-state index contributed by atoms with van der Waals surface area (Å²) >= 11 is 0. The van der Waals surface area contributed by atoms with Crippen molar-refractivity contribution < 1.29 is 40.7 Å². The average molecular weight is 599 g/mol. The van der Waals surface area contributed by atoms with Gasteiger partial charge in [-0.2, -0.15) is 0 Å². The number of carbonyl (C=O) groups excluding carboxylic acids is 2. The number of unbranched alkanes of at least 4 members (excludes halogenated alkanes) is 4. The monoisotopic (exact) mass is 598 g/mol. The molecule has 0 saturated carbocycles. The molecule has 3 nitrogen and oxygen atoms in total. The van der Waals surface area contributed by atoms with E-state index < -0.39 is 46.6 Å². The molecule has 0 aliphatic carbocycles. The van der Waals surface area contributed by atoms with Crippen molar-refractivity contribution >= 4 is 11.8 Å². The molecule has 4 aromatic carbocycles. The number of benzene rings is 4. The van der Waals surface area contributed by atoms with E-state index in [1.165, 1.54) is 0 Å². The number of hydrogen-bond donors (Lipinski definition) is 0. The predicted octanol–water partition coefficient (Wildman–Crippen LogP) is 8.90. The summed E-state index contributed by atoms with van der Waals surface area (Å²) in [6.07, 6.45) is 6.44. The standard InChI is InChI=1S/C34H28F6O3/c35-27-16-23(17-28(36)32(27)39)18-31(41)24-12-8-21(9-13-24)6-4-2-1-3-5-7-22-10-14-25(15-11-22)34(42)43-26-19-29(37)33(40)30(38)20-26/h8-17,19-20H,1-7,18H2. The van der Waals surface area contributed by atoms with Gasteiger partial charge in [-0.1, -0.05) is 55.7 Å². The molecule has 0 unspecified atom stereocenters. The summed E-state index contributed by atoms with van der Waals surface area (Å²) in [7, 11) is 0. The summed E-state index contributed by atoms with van der Waals surface area (Å²) in [5, 5.41) is 0. The lowest BCUT2D eigenvalue weighted by Gasteiger charge is -2.07. The summed E-state index contributed by atoms with van der Waals surface area (Å²) < 4.78 is 84.5. The van der Waals surface area contributed by atoms with Gasteiger partial charge < -0.3 is 4.74 Å². The second kappa shape index (κ2) is 14.7. The van der Waals surface area contributed by atoms with Crippen molar-refractivity contribution in [2.24, 2.45) is 0 Å². The fraction of sp³-hybridized carbons (Fsp3) is 0.235. The van der Waals surface area contributed by atoms with Crippen molar-refractivity contribution in [3.05, 3.63) is 136 Å². The minimum absolute atomic E-state index is 0.0725. The van der Waals surface area contributed by atoms with E-state index in [1.54, 1.807) is 36.4 Å². The zero-order valence-corrected chi connectivity index (χ0v) is 23.1. The first-order chi connectivity index (χ1) is 20.6. The molecule has 0 spiro atoms. The Labute approximate surface area is 245 Å². The second-order valence-electron chi connectivity index (χ2n) is 10.2. The number of ether oxygens (including phenoxy) is 1. The van der Waals surface area contributed by atoms with E-state index >= 15 is 0 Å². The topological polar surface area (TPSA) is 43.4 Å². The van der Waals surface area contributed by atoms with E-state index in [-0.39, 0.29) is 23.3 Å². The molecule has 0 saturated heterocycles. The van der Waals surface area contributed by atoms with Crippen molar-refractivity contribution in [3.8, 4) is 5.75 Å². The van der Waals surface area contributed by atoms with Crippen LogP contribution in [0.4, 0.5) is 26.3 Å². The molecule has 224 valence electrons. The Morgan fingerprint density at radius 3 is 1.42 bits per heavy atom. The van der Waals surface area contributed by atoms with Gasteiger partial charge in [0.25, 0.3) is 0 Å². The number of hydrogen-bond acceptors (Lipinski definition) is 3. The normalized spacial score (nSPS) is 11.0. The first-order valence-electron chi connectivity index (χ1n) is 13.8. The summed E-state index contributed by atoms with van der Waals surface area (Å²) in [6, 6.07) is 16.6. The van der Waals surface area contributed by atoms with E-state index in [0.29, 0.717) is 17.7 Å². The highest BCUT2D eigenvalue weighted by atomic mass is 19.2. The van der Waals surface area contributed by atoms with Crippen molar-refractivity contribution in [1.82, 2.24) is 0 Å². The molecular weight excluding hydrogens is 570 g/mol. The van der Waals surface area contributed by atoms with E-state index in [1.807, 2.05) is 12.1 Å². The van der Waals surface area contributed by atoms with Crippen molar-refractivity contribution in [1.29, 1.82) is 0 Å². The fourth-order valence-electron chi connectivity index (χ4n) is 4.61. The van der Waals surface area contributed by atoms with Crippen LogP contribution in [0.1, 0.15) is 69.5 Å². The number of ketones is 1. The highest BCUT2D eigenvalue weighted by molar-refractivity contribution is 5.97. The maximum atomic E-state index is 13.4. The zero-order valence-electron chi connectivity index (χ0n) is 23.1. The third kappa shape index (κ3) is 8.80. The number of aryl methyl sites for hydroxylation is 2. The van der Waals surface area contributed by atoms with Crippen LogP contribution in [0.3, 0.4) is 0 Å². The van der Waals surface area contributed by atoms with Gasteiger partial charge in [0.05, 0.1) is 5.56 Å². The Balaban J connectivity index is 1.12. The lowest BCUT2D eigenvalue weighted by atomic mass is 9.99. The Kier molecular flexibility index (Phi) is 10.8. The lowest BCUT2D eigenvalue weighted by Crippen LogP contribution is -2.09. The van der Waals surface area contributed by atoms with Crippen LogP contribution in [0.5, 0.6) is 5.75 Å². The maximum absolute atomic E-state index is 13.4.